The zero-order chi connectivity index (χ0) is 27.4. The molecule has 38 heavy (non-hydrogen) atoms. The molecule has 3 aromatic carbocycles. The minimum absolute atomic E-state index is 0.123. The molecule has 0 saturated heterocycles. The summed E-state index contributed by atoms with van der Waals surface area (Å²) in [4.78, 5) is 7.11. The Labute approximate surface area is 221 Å². The molecule has 2 aliphatic rings. The fraction of sp³-hybridized carbons (Fsp3) is 0.143. The molecule has 0 aromatic heterocycles. The number of hydrogen-bond donors (Lipinski definition) is 0. The SMILES string of the molecule is [C-]#[N+]/C(C#N)=c1\c2c(/c(=C(/C#N)[N+]#[C-])c3c1Cc1cc(S(C)(=O)=O)ccc1-3)-c1ccc(CS(=O)[O-])cc1C2. The molecular weight excluding hydrogens is 520 g/mol. The first-order valence-electron chi connectivity index (χ1n) is 11.2. The molecule has 0 N–H and O–H groups in total. The average molecular weight is 536 g/mol. The highest BCUT2D eigenvalue weighted by atomic mass is 32.2. The molecule has 1 atom stereocenters. The largest absolute Gasteiger partial charge is 0.772 e. The zero-order valence-corrected chi connectivity index (χ0v) is 21.5. The van der Waals surface area contributed by atoms with Crippen LogP contribution in [0.4, 0.5) is 0 Å². The van der Waals surface area contributed by atoms with Gasteiger partial charge in [-0.15, -0.1) is 0 Å². The van der Waals surface area contributed by atoms with Gasteiger partial charge in [-0.1, -0.05) is 35.3 Å². The number of sulfone groups is 1. The lowest BCUT2D eigenvalue weighted by Gasteiger charge is -2.13. The quantitative estimate of drug-likeness (QED) is 0.258. The molecule has 3 aromatic rings. The van der Waals surface area contributed by atoms with Gasteiger partial charge in [0.15, 0.2) is 9.84 Å². The number of nitriles is 2. The van der Waals surface area contributed by atoms with Crippen LogP contribution >= 0.6 is 0 Å². The number of hydrogen-bond acceptors (Lipinski definition) is 6. The van der Waals surface area contributed by atoms with Crippen LogP contribution < -0.4 is 10.4 Å². The smallest absolute Gasteiger partial charge is 0.270 e. The van der Waals surface area contributed by atoms with E-state index in [2.05, 4.69) is 9.69 Å². The number of rotatable bonds is 3. The summed E-state index contributed by atoms with van der Waals surface area (Å²) in [6.07, 6.45) is 1.61. The van der Waals surface area contributed by atoms with Crippen LogP contribution in [0, 0.1) is 35.8 Å². The maximum atomic E-state index is 12.2. The van der Waals surface area contributed by atoms with Crippen LogP contribution in [-0.2, 0) is 39.5 Å². The standard InChI is InChI=1S/C28H16N4O4S2/c1-31-23(12-29)25-21-10-16-8-15(14-37(33)34)4-6-19(16)26(21)28(24(13-30)32-2)27-20-7-5-18(38(3,35)36)9-17(20)11-22(25)27/h4-9H,10-11,14H2,3H3,(H,33,34)/p-1/b25-23+,28-24+. The van der Waals surface area contributed by atoms with Crippen molar-refractivity contribution in [1.29, 1.82) is 10.5 Å². The van der Waals surface area contributed by atoms with Gasteiger partial charge in [0.2, 0.25) is 0 Å². The molecule has 0 spiro atoms. The molecule has 0 heterocycles. The summed E-state index contributed by atoms with van der Waals surface area (Å²) >= 11 is -2.29. The van der Waals surface area contributed by atoms with Crippen molar-refractivity contribution in [3.63, 3.8) is 0 Å². The van der Waals surface area contributed by atoms with Crippen LogP contribution in [0.3, 0.4) is 0 Å². The molecule has 8 nitrogen and oxygen atoms in total. The number of fused-ring (bicyclic) bond motifs is 6. The third-order valence-electron chi connectivity index (χ3n) is 6.85. The van der Waals surface area contributed by atoms with Crippen LogP contribution in [-0.4, -0.2) is 23.4 Å². The van der Waals surface area contributed by atoms with E-state index < -0.39 is 20.9 Å². The molecule has 0 amide bonds. The molecule has 0 fully saturated rings. The Morgan fingerprint density at radius 1 is 0.947 bits per heavy atom. The van der Waals surface area contributed by atoms with Crippen molar-refractivity contribution in [2.45, 2.75) is 23.5 Å². The second-order valence-electron chi connectivity index (χ2n) is 8.99. The Bertz CT molecular complexity index is 2020. The van der Waals surface area contributed by atoms with E-state index in [0.717, 1.165) is 11.8 Å². The fourth-order valence-corrected chi connectivity index (χ4v) is 6.56. The Kier molecular flexibility index (Phi) is 5.98. The number of nitrogens with zero attached hydrogens (tertiary/aromatic N) is 4. The van der Waals surface area contributed by atoms with Gasteiger partial charge in [0.1, 0.15) is 0 Å². The fourth-order valence-electron chi connectivity index (χ4n) is 5.44. The molecule has 0 radical (unpaired) electrons. The van der Waals surface area contributed by atoms with Gasteiger partial charge >= 0.3 is 0 Å². The van der Waals surface area contributed by atoms with Crippen LogP contribution in [0.5, 0.6) is 0 Å². The maximum Gasteiger partial charge on any atom is 0.270 e. The summed E-state index contributed by atoms with van der Waals surface area (Å²) < 4.78 is 47.0. The van der Waals surface area contributed by atoms with E-state index in [9.17, 15) is 27.7 Å². The average Bonchev–Trinajstić information content (AvgIpc) is 3.43. The van der Waals surface area contributed by atoms with Crippen molar-refractivity contribution < 1.29 is 17.2 Å². The highest BCUT2D eigenvalue weighted by Gasteiger charge is 2.32. The van der Waals surface area contributed by atoms with E-state index in [1.165, 1.54) is 6.07 Å². The summed E-state index contributed by atoms with van der Waals surface area (Å²) in [7, 11) is -3.50. The van der Waals surface area contributed by atoms with Crippen molar-refractivity contribution in [2.75, 3.05) is 6.26 Å². The lowest BCUT2D eigenvalue weighted by molar-refractivity contribution is 0.536. The topological polar surface area (TPSA) is 131 Å². The van der Waals surface area contributed by atoms with Gasteiger partial charge in [-0.3, -0.25) is 4.21 Å². The summed E-state index contributed by atoms with van der Waals surface area (Å²) in [5, 5.41) is 20.6. The lowest BCUT2D eigenvalue weighted by atomic mass is 9.90. The molecule has 5 rings (SSSR count). The van der Waals surface area contributed by atoms with Gasteiger partial charge in [-0.2, -0.15) is 0 Å². The first-order valence-corrected chi connectivity index (χ1v) is 14.3. The Balaban J connectivity index is 2.00. The first kappa shape index (κ1) is 25.1. The number of benzene rings is 3. The summed E-state index contributed by atoms with van der Waals surface area (Å²) in [5.41, 5.74) is 5.34. The van der Waals surface area contributed by atoms with Gasteiger partial charge in [0.25, 0.3) is 11.4 Å². The van der Waals surface area contributed by atoms with E-state index in [1.54, 1.807) is 30.3 Å². The molecule has 0 saturated carbocycles. The molecule has 1 unspecified atom stereocenters. The molecule has 2 aliphatic carbocycles. The third kappa shape index (κ3) is 3.80. The zero-order valence-electron chi connectivity index (χ0n) is 19.8. The summed E-state index contributed by atoms with van der Waals surface area (Å²) in [5.74, 6) is -0.175. The highest BCUT2D eigenvalue weighted by Crippen LogP contribution is 2.41. The van der Waals surface area contributed by atoms with E-state index >= 15 is 0 Å². The molecule has 10 heteroatoms. The van der Waals surface area contributed by atoms with Crippen molar-refractivity contribution in [3.05, 3.63) is 97.5 Å². The van der Waals surface area contributed by atoms with E-state index in [0.29, 0.717) is 54.9 Å². The van der Waals surface area contributed by atoms with Crippen molar-refractivity contribution in [1.82, 2.24) is 0 Å². The van der Waals surface area contributed by atoms with Gasteiger partial charge in [-0.25, -0.2) is 28.6 Å². The third-order valence-corrected chi connectivity index (χ3v) is 8.53. The van der Waals surface area contributed by atoms with Crippen LogP contribution in [0.25, 0.3) is 43.3 Å². The molecular formula is C28H15N4O4S2-. The van der Waals surface area contributed by atoms with E-state index in [1.807, 2.05) is 12.1 Å². The van der Waals surface area contributed by atoms with Crippen LogP contribution in [0.15, 0.2) is 41.3 Å². The molecule has 184 valence electrons. The predicted molar refractivity (Wildman–Crippen MR) is 139 cm³/mol. The maximum absolute atomic E-state index is 12.2. The van der Waals surface area contributed by atoms with E-state index in [4.69, 9.17) is 13.1 Å². The predicted octanol–water partition coefficient (Wildman–Crippen LogP) is 2.71. The van der Waals surface area contributed by atoms with Crippen LogP contribution in [0.1, 0.15) is 27.8 Å². The Morgan fingerprint density at radius 2 is 1.47 bits per heavy atom. The monoisotopic (exact) mass is 535 g/mol. The van der Waals surface area contributed by atoms with Gasteiger partial charge in [0.05, 0.1) is 30.2 Å². The van der Waals surface area contributed by atoms with E-state index in [-0.39, 0.29) is 34.9 Å². The minimum atomic E-state index is -3.50. The Hall–Kier alpha value is -4.58. The first-order chi connectivity index (χ1) is 18.1. The minimum Gasteiger partial charge on any atom is -0.772 e. The van der Waals surface area contributed by atoms with Crippen LogP contribution in [0.2, 0.25) is 0 Å². The normalized spacial score (nSPS) is 14.9. The van der Waals surface area contributed by atoms with Gasteiger partial charge < -0.3 is 4.55 Å². The van der Waals surface area contributed by atoms with Crippen molar-refractivity contribution in [2.24, 2.45) is 0 Å². The highest BCUT2D eigenvalue weighted by molar-refractivity contribution is 7.90. The molecule has 0 aliphatic heterocycles. The van der Waals surface area contributed by atoms with Gasteiger partial charge in [-0.05, 0) is 80.3 Å². The second-order valence-corrected chi connectivity index (χ2v) is 11.9. The summed E-state index contributed by atoms with van der Waals surface area (Å²) in [6.45, 7) is 15.4. The molecule has 0 bridgehead atoms. The van der Waals surface area contributed by atoms with Gasteiger partial charge in [0, 0.05) is 17.2 Å². The Morgan fingerprint density at radius 3 is 1.97 bits per heavy atom. The van der Waals surface area contributed by atoms with Crippen molar-refractivity contribution in [3.8, 4) is 34.4 Å². The summed E-state index contributed by atoms with van der Waals surface area (Å²) in [6, 6.07) is 13.8. The van der Waals surface area contributed by atoms with Crippen molar-refractivity contribution >= 4 is 32.3 Å². The second kappa shape index (κ2) is 9.06. The lowest BCUT2D eigenvalue weighted by Crippen LogP contribution is -2.25.